The molecule has 2 aromatic carbocycles. The Morgan fingerprint density at radius 1 is 0.541 bits per heavy atom. The van der Waals surface area contributed by atoms with Crippen molar-refractivity contribution in [1.82, 2.24) is 0 Å². The molecule has 0 saturated heterocycles. The quantitative estimate of drug-likeness (QED) is 0.171. The first-order valence-electron chi connectivity index (χ1n) is 12.6. The molecular formula is C31H28F2N2S2. The highest BCUT2D eigenvalue weighted by Crippen LogP contribution is 2.32. The smallest absolute Gasteiger partial charge is 0.132 e. The third kappa shape index (κ3) is 7.35. The molecule has 0 aliphatic rings. The molecule has 0 radical (unpaired) electrons. The molecule has 2 heterocycles. The molecule has 0 atom stereocenters. The first-order chi connectivity index (χ1) is 18.1. The second-order valence-corrected chi connectivity index (χ2v) is 11.3. The molecular weight excluding hydrogens is 502 g/mol. The van der Waals surface area contributed by atoms with Gasteiger partial charge in [-0.3, -0.25) is 0 Å². The van der Waals surface area contributed by atoms with Crippen LogP contribution in [0.1, 0.15) is 65.8 Å². The van der Waals surface area contributed by atoms with Crippen molar-refractivity contribution in [2.24, 2.45) is 0 Å². The predicted molar refractivity (Wildman–Crippen MR) is 149 cm³/mol. The largest absolute Gasteiger partial charge is 0.206 e. The normalized spacial score (nSPS) is 10.8. The van der Waals surface area contributed by atoms with Gasteiger partial charge >= 0.3 is 0 Å². The number of rotatable bonds is 12. The second kappa shape index (κ2) is 13.3. The fourth-order valence-corrected chi connectivity index (χ4v) is 6.12. The van der Waals surface area contributed by atoms with Crippen LogP contribution in [-0.2, 0) is 12.8 Å². The fraction of sp³-hybridized carbons (Fsp3) is 0.290. The topological polar surface area (TPSA) is 47.6 Å². The summed E-state index contributed by atoms with van der Waals surface area (Å²) in [6.07, 6.45) is 9.60. The average Bonchev–Trinajstić information content (AvgIpc) is 3.58. The van der Waals surface area contributed by atoms with E-state index in [1.807, 2.05) is 24.3 Å². The molecule has 6 heteroatoms. The molecule has 0 aliphatic heterocycles. The van der Waals surface area contributed by atoms with Gasteiger partial charge in [0.25, 0.3) is 0 Å². The lowest BCUT2D eigenvalue weighted by atomic mass is 10.0. The molecule has 0 aliphatic carbocycles. The van der Waals surface area contributed by atoms with Crippen LogP contribution in [0, 0.1) is 34.3 Å². The van der Waals surface area contributed by atoms with Gasteiger partial charge in [-0.25, -0.2) is 8.78 Å². The number of halogens is 2. The lowest BCUT2D eigenvalue weighted by molar-refractivity contribution is 0.576. The predicted octanol–water partition coefficient (Wildman–Crippen LogP) is 9.68. The Bertz CT molecular complexity index is 1310. The molecule has 2 nitrogen and oxygen atoms in total. The molecule has 0 unspecified atom stereocenters. The Hall–Kier alpha value is -3.32. The van der Waals surface area contributed by atoms with Crippen LogP contribution >= 0.6 is 22.7 Å². The van der Waals surface area contributed by atoms with Crippen molar-refractivity contribution >= 4 is 22.7 Å². The summed E-state index contributed by atoms with van der Waals surface area (Å²) in [7, 11) is 0. The molecule has 0 spiro atoms. The SMILES string of the molecule is N#Cc1ccc(-c2ccc(CCCCCCCCCc3ccc(-c4ccc(C#N)s4)c(F)c3)cc2F)s1. The van der Waals surface area contributed by atoms with E-state index in [9.17, 15) is 8.78 Å². The van der Waals surface area contributed by atoms with Crippen LogP contribution in [0.4, 0.5) is 8.78 Å². The molecule has 188 valence electrons. The van der Waals surface area contributed by atoms with Crippen LogP contribution in [0.15, 0.2) is 60.7 Å². The summed E-state index contributed by atoms with van der Waals surface area (Å²) in [4.78, 5) is 2.76. The summed E-state index contributed by atoms with van der Waals surface area (Å²) in [5.41, 5.74) is 3.15. The van der Waals surface area contributed by atoms with Gasteiger partial charge in [0.1, 0.15) is 33.5 Å². The number of hydrogen-bond acceptors (Lipinski definition) is 4. The molecule has 0 amide bonds. The summed E-state index contributed by atoms with van der Waals surface area (Å²) in [6.45, 7) is 0. The monoisotopic (exact) mass is 530 g/mol. The van der Waals surface area contributed by atoms with Gasteiger partial charge in [0.2, 0.25) is 0 Å². The van der Waals surface area contributed by atoms with Crippen molar-refractivity contribution in [3.05, 3.63) is 93.2 Å². The highest BCUT2D eigenvalue weighted by Gasteiger charge is 2.10. The molecule has 0 fully saturated rings. The number of nitrogens with zero attached hydrogens (tertiary/aromatic N) is 2. The number of aryl methyl sites for hydroxylation is 2. The number of hydrogen-bond donors (Lipinski definition) is 0. The van der Waals surface area contributed by atoms with Gasteiger partial charge in [-0.15, -0.1) is 22.7 Å². The van der Waals surface area contributed by atoms with Crippen molar-refractivity contribution in [1.29, 1.82) is 10.5 Å². The lowest BCUT2D eigenvalue weighted by Gasteiger charge is -2.06. The molecule has 4 rings (SSSR count). The van der Waals surface area contributed by atoms with Crippen LogP contribution in [0.25, 0.3) is 20.9 Å². The van der Waals surface area contributed by atoms with Gasteiger partial charge in [-0.1, -0.05) is 56.4 Å². The zero-order valence-electron chi connectivity index (χ0n) is 20.6. The zero-order valence-corrected chi connectivity index (χ0v) is 22.2. The molecule has 2 aromatic heterocycles. The Labute approximate surface area is 225 Å². The summed E-state index contributed by atoms with van der Waals surface area (Å²) in [6, 6.07) is 22.1. The lowest BCUT2D eigenvalue weighted by Crippen LogP contribution is -1.91. The van der Waals surface area contributed by atoms with Crippen molar-refractivity contribution in [3.8, 4) is 33.0 Å². The van der Waals surface area contributed by atoms with Crippen molar-refractivity contribution in [2.45, 2.75) is 57.8 Å². The van der Waals surface area contributed by atoms with E-state index >= 15 is 0 Å². The first-order valence-corrected chi connectivity index (χ1v) is 14.3. The van der Waals surface area contributed by atoms with Crippen LogP contribution in [0.3, 0.4) is 0 Å². The highest BCUT2D eigenvalue weighted by atomic mass is 32.1. The van der Waals surface area contributed by atoms with Crippen LogP contribution in [0.2, 0.25) is 0 Å². The summed E-state index contributed by atoms with van der Waals surface area (Å²) < 4.78 is 29.1. The molecule has 0 bridgehead atoms. The Balaban J connectivity index is 1.10. The van der Waals surface area contributed by atoms with Gasteiger partial charge in [-0.2, -0.15) is 10.5 Å². The first kappa shape index (κ1) is 26.7. The van der Waals surface area contributed by atoms with E-state index in [2.05, 4.69) is 12.1 Å². The minimum Gasteiger partial charge on any atom is -0.206 e. The third-order valence-corrected chi connectivity index (χ3v) is 8.51. The van der Waals surface area contributed by atoms with E-state index < -0.39 is 0 Å². The fourth-order valence-electron chi connectivity index (χ4n) is 4.46. The van der Waals surface area contributed by atoms with E-state index in [1.54, 1.807) is 36.4 Å². The van der Waals surface area contributed by atoms with E-state index in [0.717, 1.165) is 59.4 Å². The zero-order chi connectivity index (χ0) is 26.0. The highest BCUT2D eigenvalue weighted by molar-refractivity contribution is 7.16. The Kier molecular flexibility index (Phi) is 9.60. The van der Waals surface area contributed by atoms with Gasteiger partial charge in [-0.05, 0) is 73.2 Å². The maximum Gasteiger partial charge on any atom is 0.132 e. The van der Waals surface area contributed by atoms with Gasteiger partial charge in [0.05, 0.1) is 0 Å². The van der Waals surface area contributed by atoms with E-state index in [0.29, 0.717) is 20.9 Å². The number of benzene rings is 2. The molecule has 4 aromatic rings. The summed E-state index contributed by atoms with van der Waals surface area (Å²) >= 11 is 2.62. The average molecular weight is 531 g/mol. The number of unbranched alkanes of at least 4 members (excludes halogenated alkanes) is 6. The van der Waals surface area contributed by atoms with Crippen molar-refractivity contribution in [3.63, 3.8) is 0 Å². The maximum absolute atomic E-state index is 14.5. The maximum atomic E-state index is 14.5. The molecule has 0 saturated carbocycles. The standard InChI is InChI=1S/C31H28F2N2S2/c32-28-18-22(10-14-26(28)30-16-12-24(20-34)36-30)8-6-4-2-1-3-5-7-9-23-11-15-27(29(33)19-23)31-17-13-25(21-35)37-31/h10-19H,1-9H2. The van der Waals surface area contributed by atoms with Gasteiger partial charge < -0.3 is 0 Å². The number of thiophene rings is 2. The van der Waals surface area contributed by atoms with Crippen LogP contribution in [-0.4, -0.2) is 0 Å². The second-order valence-electron chi connectivity index (χ2n) is 9.15. The molecule has 0 N–H and O–H groups in total. The van der Waals surface area contributed by atoms with Crippen LogP contribution < -0.4 is 0 Å². The van der Waals surface area contributed by atoms with Crippen molar-refractivity contribution < 1.29 is 8.78 Å². The number of nitriles is 2. The molecule has 37 heavy (non-hydrogen) atoms. The van der Waals surface area contributed by atoms with E-state index in [1.165, 1.54) is 41.9 Å². The Morgan fingerprint density at radius 3 is 1.30 bits per heavy atom. The summed E-state index contributed by atoms with van der Waals surface area (Å²) in [5, 5.41) is 17.9. The minimum atomic E-state index is -0.224. The summed E-state index contributed by atoms with van der Waals surface area (Å²) in [5.74, 6) is -0.448. The van der Waals surface area contributed by atoms with Gasteiger partial charge in [0.15, 0.2) is 0 Å². The third-order valence-electron chi connectivity index (χ3n) is 6.46. The van der Waals surface area contributed by atoms with Gasteiger partial charge in [0, 0.05) is 20.9 Å². The van der Waals surface area contributed by atoms with E-state index in [4.69, 9.17) is 10.5 Å². The van der Waals surface area contributed by atoms with E-state index in [-0.39, 0.29) is 11.6 Å². The van der Waals surface area contributed by atoms with Crippen LogP contribution in [0.5, 0.6) is 0 Å². The Morgan fingerprint density at radius 2 is 0.946 bits per heavy atom. The minimum absolute atomic E-state index is 0.224. The van der Waals surface area contributed by atoms with Crippen molar-refractivity contribution in [2.75, 3.05) is 0 Å².